The number of hydrogen-bond acceptors (Lipinski definition) is 2. The Morgan fingerprint density at radius 3 is 2.79 bits per heavy atom. The SMILES string of the molecule is Cn1ccnc1-c1c(N)cccc1F. The van der Waals surface area contributed by atoms with E-state index in [-0.39, 0.29) is 5.82 Å². The molecule has 0 spiro atoms. The van der Waals surface area contributed by atoms with Crippen LogP contribution >= 0.6 is 0 Å². The van der Waals surface area contributed by atoms with Crippen LogP contribution in [-0.2, 0) is 7.05 Å². The van der Waals surface area contributed by atoms with Crippen molar-refractivity contribution in [3.63, 3.8) is 0 Å². The van der Waals surface area contributed by atoms with Gasteiger partial charge in [-0.3, -0.25) is 0 Å². The first kappa shape index (κ1) is 8.74. The highest BCUT2D eigenvalue weighted by Gasteiger charge is 2.12. The largest absolute Gasteiger partial charge is 0.398 e. The summed E-state index contributed by atoms with van der Waals surface area (Å²) in [6, 6.07) is 4.62. The number of nitrogens with zero attached hydrogens (tertiary/aromatic N) is 2. The number of imidazole rings is 1. The average Bonchev–Trinajstić information content (AvgIpc) is 2.52. The Labute approximate surface area is 81.0 Å². The number of benzene rings is 1. The van der Waals surface area contributed by atoms with E-state index in [0.29, 0.717) is 17.1 Å². The Kier molecular flexibility index (Phi) is 1.96. The standard InChI is InChI=1S/C10H10FN3/c1-14-6-5-13-10(14)9-7(11)3-2-4-8(9)12/h2-6H,12H2,1H3. The summed E-state index contributed by atoms with van der Waals surface area (Å²) in [4.78, 5) is 4.05. The van der Waals surface area contributed by atoms with E-state index in [1.54, 1.807) is 36.1 Å². The zero-order chi connectivity index (χ0) is 10.1. The Morgan fingerprint density at radius 2 is 2.21 bits per heavy atom. The fraction of sp³-hybridized carbons (Fsp3) is 0.100. The second kappa shape index (κ2) is 3.14. The van der Waals surface area contributed by atoms with E-state index in [2.05, 4.69) is 4.98 Å². The molecule has 1 heterocycles. The first-order chi connectivity index (χ1) is 6.70. The van der Waals surface area contributed by atoms with Gasteiger partial charge < -0.3 is 10.3 Å². The molecule has 72 valence electrons. The third-order valence-electron chi connectivity index (χ3n) is 2.09. The summed E-state index contributed by atoms with van der Waals surface area (Å²) in [5, 5.41) is 0. The smallest absolute Gasteiger partial charge is 0.144 e. The van der Waals surface area contributed by atoms with Gasteiger partial charge in [0.25, 0.3) is 0 Å². The molecule has 1 aromatic heterocycles. The topological polar surface area (TPSA) is 43.8 Å². The van der Waals surface area contributed by atoms with E-state index >= 15 is 0 Å². The van der Waals surface area contributed by atoms with E-state index < -0.39 is 0 Å². The summed E-state index contributed by atoms with van der Waals surface area (Å²) in [6.07, 6.45) is 3.36. The molecule has 1 aromatic carbocycles. The van der Waals surface area contributed by atoms with Gasteiger partial charge >= 0.3 is 0 Å². The van der Waals surface area contributed by atoms with Crippen LogP contribution in [0.25, 0.3) is 11.4 Å². The van der Waals surface area contributed by atoms with Gasteiger partial charge in [0.15, 0.2) is 0 Å². The quantitative estimate of drug-likeness (QED) is 0.698. The molecule has 0 fully saturated rings. The van der Waals surface area contributed by atoms with Crippen molar-refractivity contribution >= 4 is 5.69 Å². The zero-order valence-corrected chi connectivity index (χ0v) is 7.74. The average molecular weight is 191 g/mol. The third-order valence-corrected chi connectivity index (χ3v) is 2.09. The van der Waals surface area contributed by atoms with E-state index in [0.717, 1.165) is 0 Å². The molecule has 0 aliphatic heterocycles. The molecule has 2 rings (SSSR count). The van der Waals surface area contributed by atoms with Crippen LogP contribution in [0, 0.1) is 5.82 Å². The zero-order valence-electron chi connectivity index (χ0n) is 7.74. The second-order valence-electron chi connectivity index (χ2n) is 3.07. The predicted molar refractivity (Wildman–Crippen MR) is 53.0 cm³/mol. The molecule has 0 unspecified atom stereocenters. The van der Waals surface area contributed by atoms with Gasteiger partial charge in [0, 0.05) is 25.1 Å². The molecule has 0 radical (unpaired) electrons. The normalized spacial score (nSPS) is 10.4. The first-order valence-corrected chi connectivity index (χ1v) is 4.22. The molecule has 0 atom stereocenters. The highest BCUT2D eigenvalue weighted by molar-refractivity contribution is 5.72. The van der Waals surface area contributed by atoms with Crippen molar-refractivity contribution in [3.8, 4) is 11.4 Å². The van der Waals surface area contributed by atoms with E-state index in [1.165, 1.54) is 6.07 Å². The summed E-state index contributed by atoms with van der Waals surface area (Å²) in [7, 11) is 1.80. The number of halogens is 1. The molecule has 2 aromatic rings. The molecule has 2 N–H and O–H groups in total. The van der Waals surface area contributed by atoms with E-state index in [9.17, 15) is 4.39 Å². The van der Waals surface area contributed by atoms with Crippen LogP contribution in [0.4, 0.5) is 10.1 Å². The molecule has 0 saturated carbocycles. The Balaban J connectivity index is 2.68. The number of anilines is 1. The maximum absolute atomic E-state index is 13.5. The lowest BCUT2D eigenvalue weighted by molar-refractivity contribution is 0.629. The van der Waals surface area contributed by atoms with Crippen molar-refractivity contribution < 1.29 is 4.39 Å². The van der Waals surface area contributed by atoms with Crippen LogP contribution in [0.15, 0.2) is 30.6 Å². The van der Waals surface area contributed by atoms with E-state index in [1.807, 2.05) is 0 Å². The highest BCUT2D eigenvalue weighted by atomic mass is 19.1. The molecule has 0 aliphatic carbocycles. The molecule has 0 bridgehead atoms. The highest BCUT2D eigenvalue weighted by Crippen LogP contribution is 2.26. The maximum atomic E-state index is 13.5. The van der Waals surface area contributed by atoms with Crippen molar-refractivity contribution in [1.29, 1.82) is 0 Å². The predicted octanol–water partition coefficient (Wildman–Crippen LogP) is 1.81. The molecule has 0 aliphatic rings. The van der Waals surface area contributed by atoms with Crippen molar-refractivity contribution in [1.82, 2.24) is 9.55 Å². The minimum Gasteiger partial charge on any atom is -0.398 e. The van der Waals surface area contributed by atoms with Gasteiger partial charge in [-0.05, 0) is 12.1 Å². The monoisotopic (exact) mass is 191 g/mol. The summed E-state index contributed by atoms with van der Waals surface area (Å²) in [5.74, 6) is 0.194. The van der Waals surface area contributed by atoms with Crippen molar-refractivity contribution in [2.75, 3.05) is 5.73 Å². The van der Waals surface area contributed by atoms with Crippen LogP contribution in [0.2, 0.25) is 0 Å². The first-order valence-electron chi connectivity index (χ1n) is 4.22. The molecule has 14 heavy (non-hydrogen) atoms. The minimum absolute atomic E-state index is 0.348. The fourth-order valence-corrected chi connectivity index (χ4v) is 1.38. The molecule has 0 amide bonds. The number of aryl methyl sites for hydroxylation is 1. The number of nitrogen functional groups attached to an aromatic ring is 1. The second-order valence-corrected chi connectivity index (χ2v) is 3.07. The van der Waals surface area contributed by atoms with Crippen molar-refractivity contribution in [2.45, 2.75) is 0 Å². The van der Waals surface area contributed by atoms with Crippen LogP contribution in [0.3, 0.4) is 0 Å². The van der Waals surface area contributed by atoms with Gasteiger partial charge in [0.2, 0.25) is 0 Å². The molecular formula is C10H10FN3. The van der Waals surface area contributed by atoms with Crippen LogP contribution in [0.1, 0.15) is 0 Å². The maximum Gasteiger partial charge on any atom is 0.144 e. The van der Waals surface area contributed by atoms with Crippen molar-refractivity contribution in [3.05, 3.63) is 36.4 Å². The van der Waals surface area contributed by atoms with Gasteiger partial charge in [0.05, 0.1) is 5.56 Å². The molecular weight excluding hydrogens is 181 g/mol. The van der Waals surface area contributed by atoms with Gasteiger partial charge in [-0.25, -0.2) is 9.37 Å². The summed E-state index contributed by atoms with van der Waals surface area (Å²) >= 11 is 0. The van der Waals surface area contributed by atoms with Crippen molar-refractivity contribution in [2.24, 2.45) is 7.05 Å². The Hall–Kier alpha value is -1.84. The number of rotatable bonds is 1. The Bertz CT molecular complexity index is 442. The third kappa shape index (κ3) is 1.25. The summed E-state index contributed by atoms with van der Waals surface area (Å²) < 4.78 is 15.2. The lowest BCUT2D eigenvalue weighted by atomic mass is 10.1. The lowest BCUT2D eigenvalue weighted by Crippen LogP contribution is -1.98. The van der Waals surface area contributed by atoms with Crippen LogP contribution in [0.5, 0.6) is 0 Å². The summed E-state index contributed by atoms with van der Waals surface area (Å²) in [5.41, 5.74) is 6.45. The minimum atomic E-state index is -0.348. The van der Waals surface area contributed by atoms with Crippen LogP contribution in [-0.4, -0.2) is 9.55 Å². The fourth-order valence-electron chi connectivity index (χ4n) is 1.38. The molecule has 3 nitrogen and oxygen atoms in total. The Morgan fingerprint density at radius 1 is 1.43 bits per heavy atom. The lowest BCUT2D eigenvalue weighted by Gasteiger charge is -2.06. The van der Waals surface area contributed by atoms with Gasteiger partial charge in [-0.15, -0.1) is 0 Å². The number of aromatic nitrogens is 2. The summed E-state index contributed by atoms with van der Waals surface area (Å²) in [6.45, 7) is 0. The van der Waals surface area contributed by atoms with Crippen LogP contribution < -0.4 is 5.73 Å². The molecule has 0 saturated heterocycles. The number of nitrogens with two attached hydrogens (primary N) is 1. The molecule has 4 heteroatoms. The van der Waals surface area contributed by atoms with Gasteiger partial charge in [-0.2, -0.15) is 0 Å². The van der Waals surface area contributed by atoms with Gasteiger partial charge in [-0.1, -0.05) is 6.07 Å². The number of hydrogen-bond donors (Lipinski definition) is 1. The van der Waals surface area contributed by atoms with Gasteiger partial charge in [0.1, 0.15) is 11.6 Å². The van der Waals surface area contributed by atoms with E-state index in [4.69, 9.17) is 5.73 Å².